The summed E-state index contributed by atoms with van der Waals surface area (Å²) in [6, 6.07) is 0. The topological polar surface area (TPSA) is 85.4 Å². The zero-order valence-electron chi connectivity index (χ0n) is 20.1. The monoisotopic (exact) mass is 460 g/mol. The molecule has 1 aliphatic heterocycles. The van der Waals surface area contributed by atoms with E-state index in [1.807, 2.05) is 12.2 Å². The SMILES string of the molecule is CC/C=C\CC1OC1C/C=C\C/C=C\C/C=C\C/C=C\CCC(=O)OC[C@@H](O)COC(C)=O. The Morgan fingerprint density at radius 1 is 0.818 bits per heavy atom. The summed E-state index contributed by atoms with van der Waals surface area (Å²) in [5.74, 6) is -0.864. The lowest BCUT2D eigenvalue weighted by molar-refractivity contribution is -0.151. The number of esters is 2. The predicted octanol–water partition coefficient (Wildman–Crippen LogP) is 5.14. The minimum Gasteiger partial charge on any atom is -0.463 e. The van der Waals surface area contributed by atoms with Crippen molar-refractivity contribution in [3.63, 3.8) is 0 Å². The van der Waals surface area contributed by atoms with Crippen LogP contribution < -0.4 is 0 Å². The molecule has 0 spiro atoms. The Labute approximate surface area is 198 Å². The Balaban J connectivity index is 1.94. The van der Waals surface area contributed by atoms with E-state index >= 15 is 0 Å². The number of hydrogen-bond donors (Lipinski definition) is 1. The van der Waals surface area contributed by atoms with Gasteiger partial charge in [-0.2, -0.15) is 0 Å². The molecule has 0 aliphatic carbocycles. The number of allylic oxidation sites excluding steroid dienone is 8. The van der Waals surface area contributed by atoms with Gasteiger partial charge in [0.15, 0.2) is 0 Å². The highest BCUT2D eigenvalue weighted by atomic mass is 16.6. The summed E-state index contributed by atoms with van der Waals surface area (Å²) in [6.07, 6.45) is 27.7. The van der Waals surface area contributed by atoms with Gasteiger partial charge >= 0.3 is 11.9 Å². The van der Waals surface area contributed by atoms with Gasteiger partial charge in [-0.15, -0.1) is 0 Å². The highest BCUT2D eigenvalue weighted by Gasteiger charge is 2.35. The van der Waals surface area contributed by atoms with E-state index < -0.39 is 12.1 Å². The van der Waals surface area contributed by atoms with Crippen LogP contribution in [-0.4, -0.2) is 48.6 Å². The molecule has 1 fully saturated rings. The maximum Gasteiger partial charge on any atom is 0.306 e. The smallest absolute Gasteiger partial charge is 0.306 e. The molecule has 6 nitrogen and oxygen atoms in total. The molecular formula is C27H40O6. The van der Waals surface area contributed by atoms with Crippen LogP contribution in [0.4, 0.5) is 0 Å². The molecule has 1 rings (SSSR count). The number of ether oxygens (including phenoxy) is 3. The zero-order valence-corrected chi connectivity index (χ0v) is 20.1. The Kier molecular flexibility index (Phi) is 16.5. The van der Waals surface area contributed by atoms with Crippen LogP contribution >= 0.6 is 0 Å². The normalized spacial score (nSPS) is 19.4. The largest absolute Gasteiger partial charge is 0.463 e. The van der Waals surface area contributed by atoms with Gasteiger partial charge in [-0.3, -0.25) is 9.59 Å². The first-order valence-corrected chi connectivity index (χ1v) is 11.9. The highest BCUT2D eigenvalue weighted by Crippen LogP contribution is 2.29. The summed E-state index contributed by atoms with van der Waals surface area (Å²) in [6.45, 7) is 3.05. The lowest BCUT2D eigenvalue weighted by Crippen LogP contribution is -2.24. The maximum absolute atomic E-state index is 11.6. The van der Waals surface area contributed by atoms with E-state index in [0.717, 1.165) is 38.5 Å². The third-order valence-corrected chi connectivity index (χ3v) is 4.74. The van der Waals surface area contributed by atoms with Crippen LogP contribution in [-0.2, 0) is 23.8 Å². The first-order valence-electron chi connectivity index (χ1n) is 11.9. The highest BCUT2D eigenvalue weighted by molar-refractivity contribution is 5.69. The van der Waals surface area contributed by atoms with Crippen molar-refractivity contribution in [2.24, 2.45) is 0 Å². The minimum atomic E-state index is -0.994. The number of rotatable bonds is 18. The Bertz CT molecular complexity index is 689. The average Bonchev–Trinajstić information content (AvgIpc) is 3.54. The summed E-state index contributed by atoms with van der Waals surface area (Å²) in [7, 11) is 0. The third-order valence-electron chi connectivity index (χ3n) is 4.74. The van der Waals surface area contributed by atoms with E-state index in [-0.39, 0.29) is 25.6 Å². The van der Waals surface area contributed by atoms with E-state index in [1.165, 1.54) is 6.92 Å². The van der Waals surface area contributed by atoms with Gasteiger partial charge < -0.3 is 19.3 Å². The lowest BCUT2D eigenvalue weighted by Gasteiger charge is -2.10. The molecule has 0 aromatic carbocycles. The van der Waals surface area contributed by atoms with Crippen molar-refractivity contribution in [1.29, 1.82) is 0 Å². The quantitative estimate of drug-likeness (QED) is 0.173. The molecule has 0 aromatic rings. The van der Waals surface area contributed by atoms with E-state index in [4.69, 9.17) is 9.47 Å². The van der Waals surface area contributed by atoms with E-state index in [1.54, 1.807) is 0 Å². The molecule has 1 N–H and O–H groups in total. The minimum absolute atomic E-state index is 0.172. The van der Waals surface area contributed by atoms with Gasteiger partial charge in [0, 0.05) is 13.3 Å². The van der Waals surface area contributed by atoms with Crippen molar-refractivity contribution in [3.05, 3.63) is 60.8 Å². The van der Waals surface area contributed by atoms with Gasteiger partial charge in [-0.25, -0.2) is 0 Å². The first-order chi connectivity index (χ1) is 16.0. The molecule has 0 radical (unpaired) electrons. The van der Waals surface area contributed by atoms with Gasteiger partial charge in [0.2, 0.25) is 0 Å². The van der Waals surface area contributed by atoms with Crippen LogP contribution in [0.3, 0.4) is 0 Å². The number of carbonyl (C=O) groups is 2. The van der Waals surface area contributed by atoms with Crippen LogP contribution in [0.5, 0.6) is 0 Å². The van der Waals surface area contributed by atoms with Crippen molar-refractivity contribution < 1.29 is 28.9 Å². The van der Waals surface area contributed by atoms with Gasteiger partial charge in [-0.05, 0) is 44.9 Å². The van der Waals surface area contributed by atoms with Crippen LogP contribution in [0.1, 0.15) is 65.2 Å². The Hall–Kier alpha value is -2.44. The fourth-order valence-electron chi connectivity index (χ4n) is 2.88. The Morgan fingerprint density at radius 3 is 1.91 bits per heavy atom. The molecule has 1 heterocycles. The van der Waals surface area contributed by atoms with Crippen molar-refractivity contribution >= 4 is 11.9 Å². The van der Waals surface area contributed by atoms with Crippen molar-refractivity contribution in [1.82, 2.24) is 0 Å². The maximum atomic E-state index is 11.6. The summed E-state index contributed by atoms with van der Waals surface area (Å²) >= 11 is 0. The number of epoxide rings is 1. The molecule has 3 atom stereocenters. The standard InChI is InChI=1S/C27H40O6/c1-3-4-15-18-25-26(33-25)19-16-13-11-9-7-5-6-8-10-12-14-17-20-27(30)32-22-24(29)21-31-23(2)28/h4,6-9,12-16,24-26,29H,3,5,10-11,17-22H2,1-2H3/b8-6-,9-7-,14-12-,15-4-,16-13-/t24-,25?,26?/m0/s1. The molecule has 6 heteroatoms. The second-order valence-corrected chi connectivity index (χ2v) is 7.83. The van der Waals surface area contributed by atoms with Crippen molar-refractivity contribution in [2.45, 2.75) is 83.5 Å². The van der Waals surface area contributed by atoms with Gasteiger partial charge in [-0.1, -0.05) is 67.7 Å². The van der Waals surface area contributed by atoms with Gasteiger partial charge in [0.05, 0.1) is 12.2 Å². The van der Waals surface area contributed by atoms with Crippen molar-refractivity contribution in [3.8, 4) is 0 Å². The predicted molar refractivity (Wildman–Crippen MR) is 131 cm³/mol. The molecule has 0 saturated carbocycles. The molecular weight excluding hydrogens is 420 g/mol. The first kappa shape index (κ1) is 28.6. The summed E-state index contributed by atoms with van der Waals surface area (Å²) in [4.78, 5) is 22.2. The molecule has 184 valence electrons. The van der Waals surface area contributed by atoms with Crippen LogP contribution in [0.15, 0.2) is 60.8 Å². The second-order valence-electron chi connectivity index (χ2n) is 7.83. The average molecular weight is 461 g/mol. The number of carbonyl (C=O) groups excluding carboxylic acids is 2. The summed E-state index contributed by atoms with van der Waals surface area (Å²) < 4.78 is 15.2. The fourth-order valence-corrected chi connectivity index (χ4v) is 2.88. The zero-order chi connectivity index (χ0) is 24.2. The molecule has 1 aliphatic rings. The summed E-state index contributed by atoms with van der Waals surface area (Å²) in [5.41, 5.74) is 0. The Morgan fingerprint density at radius 2 is 1.33 bits per heavy atom. The van der Waals surface area contributed by atoms with Crippen molar-refractivity contribution in [2.75, 3.05) is 13.2 Å². The van der Waals surface area contributed by atoms with Crippen LogP contribution in [0.2, 0.25) is 0 Å². The van der Waals surface area contributed by atoms with E-state index in [9.17, 15) is 14.7 Å². The molecule has 33 heavy (non-hydrogen) atoms. The van der Waals surface area contributed by atoms with Crippen LogP contribution in [0.25, 0.3) is 0 Å². The van der Waals surface area contributed by atoms with E-state index in [2.05, 4.69) is 60.3 Å². The molecule has 0 bridgehead atoms. The van der Waals surface area contributed by atoms with Gasteiger partial charge in [0.1, 0.15) is 19.3 Å². The molecule has 2 unspecified atom stereocenters. The van der Waals surface area contributed by atoms with Gasteiger partial charge in [0.25, 0.3) is 0 Å². The lowest BCUT2D eigenvalue weighted by atomic mass is 10.1. The molecule has 1 saturated heterocycles. The molecule has 0 aromatic heterocycles. The third kappa shape index (κ3) is 17.8. The number of aliphatic hydroxyl groups is 1. The summed E-state index contributed by atoms with van der Waals surface area (Å²) in [5, 5.41) is 9.50. The van der Waals surface area contributed by atoms with Crippen LogP contribution in [0, 0.1) is 0 Å². The fraction of sp³-hybridized carbons (Fsp3) is 0.556. The number of aliphatic hydroxyl groups excluding tert-OH is 1. The van der Waals surface area contributed by atoms with E-state index in [0.29, 0.717) is 18.6 Å². The molecule has 0 amide bonds. The number of hydrogen-bond acceptors (Lipinski definition) is 6. The second kappa shape index (κ2) is 19.1.